The third-order valence-electron chi connectivity index (χ3n) is 5.09. The first-order valence-corrected chi connectivity index (χ1v) is 11.8. The summed E-state index contributed by atoms with van der Waals surface area (Å²) in [5.74, 6) is -1.60. The average Bonchev–Trinajstić information content (AvgIpc) is 3.07. The van der Waals surface area contributed by atoms with Crippen LogP contribution in [0.2, 0.25) is 0 Å². The maximum Gasteiger partial charge on any atom is 0.340 e. The number of hydrogen-bond donors (Lipinski definition) is 1. The van der Waals surface area contributed by atoms with Crippen LogP contribution in [0.15, 0.2) is 94.4 Å². The first-order valence-electron chi connectivity index (χ1n) is 11.0. The maximum absolute atomic E-state index is 13.6. The van der Waals surface area contributed by atoms with E-state index < -0.39 is 17.8 Å². The zero-order chi connectivity index (χ0) is 24.1. The zero-order valence-corrected chi connectivity index (χ0v) is 19.7. The molecule has 0 saturated carbocycles. The molecule has 0 bridgehead atoms. The smallest absolute Gasteiger partial charge is 0.340 e. The van der Waals surface area contributed by atoms with Crippen molar-refractivity contribution < 1.29 is 19.1 Å². The van der Waals surface area contributed by atoms with Crippen molar-refractivity contribution in [3.8, 4) is 0 Å². The number of carbonyl (C=O) groups excluding carboxylic acids is 3. The lowest BCUT2D eigenvalue weighted by Crippen LogP contribution is -2.33. The van der Waals surface area contributed by atoms with Gasteiger partial charge in [0.25, 0.3) is 11.8 Å². The number of carbonyl (C=O) groups is 3. The SMILES string of the molecule is CCCOC(=O)c1ccccc1N1C(=O)C(Nc2cccc(C)c2)=C(Sc2ccccc2)C1=O. The van der Waals surface area contributed by atoms with Gasteiger partial charge in [0.05, 0.1) is 17.9 Å². The Labute approximate surface area is 202 Å². The zero-order valence-electron chi connectivity index (χ0n) is 18.9. The highest BCUT2D eigenvalue weighted by atomic mass is 32.2. The molecular weight excluding hydrogens is 448 g/mol. The summed E-state index contributed by atoms with van der Waals surface area (Å²) < 4.78 is 5.28. The monoisotopic (exact) mass is 472 g/mol. The summed E-state index contributed by atoms with van der Waals surface area (Å²) in [5, 5.41) is 3.15. The molecule has 0 radical (unpaired) electrons. The van der Waals surface area contributed by atoms with E-state index in [1.54, 1.807) is 24.3 Å². The van der Waals surface area contributed by atoms with Gasteiger partial charge in [0.1, 0.15) is 10.6 Å². The molecular formula is C27H24N2O4S. The highest BCUT2D eigenvalue weighted by molar-refractivity contribution is 8.04. The molecule has 1 aliphatic rings. The van der Waals surface area contributed by atoms with Crippen molar-refractivity contribution in [2.24, 2.45) is 0 Å². The molecule has 0 saturated heterocycles. The van der Waals surface area contributed by atoms with Crippen LogP contribution in [0.1, 0.15) is 29.3 Å². The standard InChI is InChI=1S/C27H24N2O4S/c1-3-16-33-27(32)21-14-7-8-15-22(21)29-25(30)23(28-19-11-9-10-18(2)17-19)24(26(29)31)34-20-12-5-4-6-13-20/h4-15,17,28H,3,16H2,1-2H3. The van der Waals surface area contributed by atoms with Crippen LogP contribution < -0.4 is 10.2 Å². The summed E-state index contributed by atoms with van der Waals surface area (Å²) >= 11 is 1.21. The molecule has 0 atom stereocenters. The predicted molar refractivity (Wildman–Crippen MR) is 134 cm³/mol. The summed E-state index contributed by atoms with van der Waals surface area (Å²) in [6.45, 7) is 4.10. The first-order chi connectivity index (χ1) is 16.5. The molecule has 0 aromatic heterocycles. The van der Waals surface area contributed by atoms with Crippen molar-refractivity contribution in [3.63, 3.8) is 0 Å². The molecule has 0 spiro atoms. The highest BCUT2D eigenvalue weighted by Gasteiger charge is 2.41. The summed E-state index contributed by atoms with van der Waals surface area (Å²) in [6, 6.07) is 23.4. The quantitative estimate of drug-likeness (QED) is 0.342. The van der Waals surface area contributed by atoms with Gasteiger partial charge in [-0.05, 0) is 55.3 Å². The summed E-state index contributed by atoms with van der Waals surface area (Å²) in [7, 11) is 0. The van der Waals surface area contributed by atoms with Crippen LogP contribution in [-0.4, -0.2) is 24.4 Å². The fourth-order valence-corrected chi connectivity index (χ4v) is 4.47. The van der Waals surface area contributed by atoms with Gasteiger partial charge < -0.3 is 10.1 Å². The van der Waals surface area contributed by atoms with Gasteiger partial charge in [-0.3, -0.25) is 9.59 Å². The Morgan fingerprint density at radius 3 is 2.41 bits per heavy atom. The van der Waals surface area contributed by atoms with E-state index in [1.165, 1.54) is 11.8 Å². The molecule has 1 N–H and O–H groups in total. The molecule has 0 fully saturated rings. The van der Waals surface area contributed by atoms with Crippen LogP contribution in [0.25, 0.3) is 0 Å². The minimum atomic E-state index is -0.574. The van der Waals surface area contributed by atoms with Gasteiger partial charge in [0, 0.05) is 10.6 Å². The van der Waals surface area contributed by atoms with E-state index in [-0.39, 0.29) is 28.5 Å². The second kappa shape index (κ2) is 10.4. The Balaban J connectivity index is 1.75. The van der Waals surface area contributed by atoms with Crippen molar-refractivity contribution in [1.29, 1.82) is 0 Å². The molecule has 1 heterocycles. The van der Waals surface area contributed by atoms with Crippen LogP contribution in [0.3, 0.4) is 0 Å². The fourth-order valence-electron chi connectivity index (χ4n) is 3.52. The maximum atomic E-state index is 13.6. The molecule has 2 amide bonds. The number of anilines is 2. The Morgan fingerprint density at radius 2 is 1.68 bits per heavy atom. The fraction of sp³-hybridized carbons (Fsp3) is 0.148. The second-order valence-electron chi connectivity index (χ2n) is 7.71. The second-order valence-corrected chi connectivity index (χ2v) is 8.80. The minimum absolute atomic E-state index is 0.165. The largest absolute Gasteiger partial charge is 0.462 e. The molecule has 4 rings (SSSR count). The van der Waals surface area contributed by atoms with Crippen LogP contribution in [0.4, 0.5) is 11.4 Å². The van der Waals surface area contributed by atoms with E-state index in [4.69, 9.17) is 4.74 Å². The summed E-state index contributed by atoms with van der Waals surface area (Å²) in [5.41, 5.74) is 2.24. The number of imide groups is 1. The normalized spacial score (nSPS) is 13.4. The molecule has 0 aliphatic carbocycles. The number of nitrogens with zero attached hydrogens (tertiary/aromatic N) is 1. The molecule has 1 aliphatic heterocycles. The lowest BCUT2D eigenvalue weighted by Gasteiger charge is -2.18. The van der Waals surface area contributed by atoms with Gasteiger partial charge in [-0.25, -0.2) is 9.69 Å². The molecule has 3 aromatic carbocycles. The van der Waals surface area contributed by atoms with Gasteiger partial charge >= 0.3 is 5.97 Å². The van der Waals surface area contributed by atoms with Crippen LogP contribution in [0, 0.1) is 6.92 Å². The third kappa shape index (κ3) is 4.89. The molecule has 0 unspecified atom stereocenters. The van der Waals surface area contributed by atoms with E-state index in [0.717, 1.165) is 15.4 Å². The molecule has 7 heteroatoms. The lowest BCUT2D eigenvalue weighted by molar-refractivity contribution is -0.120. The molecule has 34 heavy (non-hydrogen) atoms. The van der Waals surface area contributed by atoms with E-state index in [2.05, 4.69) is 5.32 Å². The van der Waals surface area contributed by atoms with Gasteiger partial charge in [-0.15, -0.1) is 0 Å². The minimum Gasteiger partial charge on any atom is -0.462 e. The van der Waals surface area contributed by atoms with Gasteiger partial charge in [0.15, 0.2) is 0 Å². The number of hydrogen-bond acceptors (Lipinski definition) is 6. The van der Waals surface area contributed by atoms with Gasteiger partial charge in [0.2, 0.25) is 0 Å². The molecule has 6 nitrogen and oxygen atoms in total. The van der Waals surface area contributed by atoms with Crippen LogP contribution >= 0.6 is 11.8 Å². The van der Waals surface area contributed by atoms with Crippen molar-refractivity contribution in [2.75, 3.05) is 16.8 Å². The number of thioether (sulfide) groups is 1. The number of benzene rings is 3. The summed E-state index contributed by atoms with van der Waals surface area (Å²) in [4.78, 5) is 42.0. The summed E-state index contributed by atoms with van der Waals surface area (Å²) in [6.07, 6.45) is 0.666. The number of aryl methyl sites for hydroxylation is 1. The Kier molecular flexibility index (Phi) is 7.13. The number of rotatable bonds is 8. The molecule has 172 valence electrons. The van der Waals surface area contributed by atoms with Gasteiger partial charge in [-0.1, -0.05) is 61.2 Å². The van der Waals surface area contributed by atoms with Crippen molar-refractivity contribution in [3.05, 3.63) is 101 Å². The number of esters is 1. The van der Waals surface area contributed by atoms with E-state index in [0.29, 0.717) is 12.1 Å². The third-order valence-corrected chi connectivity index (χ3v) is 6.18. The number of amides is 2. The number of nitrogens with one attached hydrogen (secondary N) is 1. The van der Waals surface area contributed by atoms with Crippen molar-refractivity contribution in [2.45, 2.75) is 25.2 Å². The van der Waals surface area contributed by atoms with Crippen molar-refractivity contribution >= 4 is 40.9 Å². The number of ether oxygens (including phenoxy) is 1. The van der Waals surface area contributed by atoms with Crippen molar-refractivity contribution in [1.82, 2.24) is 0 Å². The lowest BCUT2D eigenvalue weighted by atomic mass is 10.1. The molecule has 3 aromatic rings. The van der Waals surface area contributed by atoms with E-state index in [1.807, 2.05) is 68.4 Å². The van der Waals surface area contributed by atoms with Crippen LogP contribution in [-0.2, 0) is 14.3 Å². The Morgan fingerprint density at radius 1 is 0.941 bits per heavy atom. The van der Waals surface area contributed by atoms with Crippen LogP contribution in [0.5, 0.6) is 0 Å². The average molecular weight is 473 g/mol. The van der Waals surface area contributed by atoms with E-state index in [9.17, 15) is 14.4 Å². The predicted octanol–water partition coefficient (Wildman–Crippen LogP) is 5.55. The Bertz CT molecular complexity index is 1270. The first kappa shape index (κ1) is 23.3. The highest BCUT2D eigenvalue weighted by Crippen LogP contribution is 2.38. The van der Waals surface area contributed by atoms with E-state index >= 15 is 0 Å². The Hall–Kier alpha value is -3.84. The number of para-hydroxylation sites is 1. The van der Waals surface area contributed by atoms with Gasteiger partial charge in [-0.2, -0.15) is 0 Å². The topological polar surface area (TPSA) is 75.7 Å².